The molecule has 1 aromatic carbocycles. The fraction of sp³-hybridized carbons (Fsp3) is 0.556. The maximum Gasteiger partial charge on any atom is 0.338 e. The van der Waals surface area contributed by atoms with Crippen LogP contribution in [0.15, 0.2) is 54.1 Å². The average molecular weight is 457 g/mol. The molecular formula is C27H36O6. The van der Waals surface area contributed by atoms with Gasteiger partial charge in [-0.15, -0.1) is 0 Å². The lowest BCUT2D eigenvalue weighted by Crippen LogP contribution is -2.63. The number of carboxylic acid groups (broad SMARTS) is 1. The van der Waals surface area contributed by atoms with Crippen LogP contribution in [0.4, 0.5) is 0 Å². The number of rotatable bonds is 7. The number of allylic oxidation sites excluding steroid dienone is 1. The Balaban J connectivity index is 2.02. The van der Waals surface area contributed by atoms with E-state index in [9.17, 15) is 24.9 Å². The van der Waals surface area contributed by atoms with Gasteiger partial charge in [0, 0.05) is 5.92 Å². The quantitative estimate of drug-likeness (QED) is 0.416. The van der Waals surface area contributed by atoms with Crippen molar-refractivity contribution in [2.75, 3.05) is 6.61 Å². The van der Waals surface area contributed by atoms with Gasteiger partial charge in [0.15, 0.2) is 0 Å². The Morgan fingerprint density at radius 2 is 1.88 bits per heavy atom. The molecule has 2 aliphatic carbocycles. The van der Waals surface area contributed by atoms with Crippen molar-refractivity contribution >= 4 is 11.9 Å². The SMILES string of the molecule is C=C1[C@@H](CC/C(C)=C/CO)[C@@]2(C)CCC[C@](C)(C(=O)O)[C@@H]2[C@H](OC(=O)c2ccccc2)[C@H]1O. The summed E-state index contributed by atoms with van der Waals surface area (Å²) in [5.74, 6) is -2.22. The van der Waals surface area contributed by atoms with Crippen molar-refractivity contribution in [2.45, 2.75) is 65.1 Å². The highest BCUT2D eigenvalue weighted by Crippen LogP contribution is 2.62. The topological polar surface area (TPSA) is 104 Å². The molecule has 2 fully saturated rings. The Kier molecular flexibility index (Phi) is 7.49. The number of aliphatic hydroxyl groups is 2. The summed E-state index contributed by atoms with van der Waals surface area (Å²) in [4.78, 5) is 25.5. The minimum atomic E-state index is -1.15. The molecule has 3 N–H and O–H groups in total. The van der Waals surface area contributed by atoms with Crippen molar-refractivity contribution in [2.24, 2.45) is 22.7 Å². The molecule has 2 aliphatic rings. The summed E-state index contributed by atoms with van der Waals surface area (Å²) >= 11 is 0. The number of benzene rings is 1. The highest BCUT2D eigenvalue weighted by Gasteiger charge is 2.64. The van der Waals surface area contributed by atoms with Crippen LogP contribution in [0, 0.1) is 22.7 Å². The Hall–Kier alpha value is -2.44. The average Bonchev–Trinajstić information content (AvgIpc) is 2.77. The third kappa shape index (κ3) is 4.64. The molecule has 0 aliphatic heterocycles. The van der Waals surface area contributed by atoms with Crippen molar-refractivity contribution in [3.05, 3.63) is 59.7 Å². The van der Waals surface area contributed by atoms with Gasteiger partial charge in [0.25, 0.3) is 0 Å². The van der Waals surface area contributed by atoms with Crippen LogP contribution in [0.3, 0.4) is 0 Å². The second-order valence-electron chi connectivity index (χ2n) is 10.1. The molecule has 6 heteroatoms. The maximum absolute atomic E-state index is 13.0. The van der Waals surface area contributed by atoms with Crippen molar-refractivity contribution in [1.29, 1.82) is 0 Å². The van der Waals surface area contributed by atoms with Gasteiger partial charge in [-0.3, -0.25) is 4.79 Å². The van der Waals surface area contributed by atoms with Gasteiger partial charge in [0.1, 0.15) is 12.2 Å². The normalized spacial score (nSPS) is 34.5. The van der Waals surface area contributed by atoms with Gasteiger partial charge in [-0.2, -0.15) is 0 Å². The summed E-state index contributed by atoms with van der Waals surface area (Å²) in [6.45, 7) is 9.90. The monoisotopic (exact) mass is 456 g/mol. The molecule has 2 saturated carbocycles. The Morgan fingerprint density at radius 3 is 2.48 bits per heavy atom. The molecule has 0 radical (unpaired) electrons. The summed E-state index contributed by atoms with van der Waals surface area (Å²) in [7, 11) is 0. The molecule has 0 spiro atoms. The summed E-state index contributed by atoms with van der Waals surface area (Å²) in [6, 6.07) is 8.55. The van der Waals surface area contributed by atoms with Gasteiger partial charge < -0.3 is 20.1 Å². The zero-order valence-corrected chi connectivity index (χ0v) is 19.8. The van der Waals surface area contributed by atoms with E-state index >= 15 is 0 Å². The summed E-state index contributed by atoms with van der Waals surface area (Å²) < 4.78 is 5.90. The zero-order valence-electron chi connectivity index (χ0n) is 19.8. The first kappa shape index (κ1) is 25.2. The van der Waals surface area contributed by atoms with E-state index in [2.05, 4.69) is 13.5 Å². The largest absolute Gasteiger partial charge is 0.481 e. The van der Waals surface area contributed by atoms with Gasteiger partial charge >= 0.3 is 11.9 Å². The van der Waals surface area contributed by atoms with Gasteiger partial charge in [-0.25, -0.2) is 4.79 Å². The number of carboxylic acids is 1. The van der Waals surface area contributed by atoms with Gasteiger partial charge in [-0.05, 0) is 68.6 Å². The zero-order chi connectivity index (χ0) is 24.4. The lowest BCUT2D eigenvalue weighted by Gasteiger charge is -2.60. The van der Waals surface area contributed by atoms with E-state index in [-0.39, 0.29) is 12.5 Å². The number of aliphatic carboxylic acids is 1. The predicted octanol–water partition coefficient (Wildman–Crippen LogP) is 4.38. The fourth-order valence-corrected chi connectivity index (χ4v) is 6.31. The van der Waals surface area contributed by atoms with Crippen molar-refractivity contribution in [3.63, 3.8) is 0 Å². The number of hydrogen-bond donors (Lipinski definition) is 3. The molecule has 33 heavy (non-hydrogen) atoms. The lowest BCUT2D eigenvalue weighted by atomic mass is 9.45. The van der Waals surface area contributed by atoms with Crippen molar-refractivity contribution in [1.82, 2.24) is 0 Å². The molecule has 0 saturated heterocycles. The van der Waals surface area contributed by atoms with Crippen LogP contribution in [-0.4, -0.2) is 46.1 Å². The molecule has 0 heterocycles. The standard InChI is InChI=1S/C27H36O6/c1-17(13-16-28)11-12-20-18(2)21(29)22(33-24(30)19-9-6-5-7-10-19)23-26(20,3)14-8-15-27(23,4)25(31)32/h5-7,9-10,13,20-23,28-29H,2,8,11-12,14-16H2,1,3-4H3,(H,31,32)/b17-13+/t20-,21+,22-,23-,26-,27+/m1/s1. The first-order chi connectivity index (χ1) is 15.6. The molecular weight excluding hydrogens is 420 g/mol. The van der Waals surface area contributed by atoms with Crippen molar-refractivity contribution in [3.8, 4) is 0 Å². The molecule has 0 amide bonds. The first-order valence-corrected chi connectivity index (χ1v) is 11.7. The number of carbonyl (C=O) groups is 2. The van der Waals surface area contributed by atoms with Crippen LogP contribution >= 0.6 is 0 Å². The highest BCUT2D eigenvalue weighted by molar-refractivity contribution is 5.89. The number of hydrogen-bond acceptors (Lipinski definition) is 5. The number of fused-ring (bicyclic) bond motifs is 1. The Morgan fingerprint density at radius 1 is 1.21 bits per heavy atom. The van der Waals surface area contributed by atoms with E-state index in [1.54, 1.807) is 43.3 Å². The van der Waals surface area contributed by atoms with Crippen LogP contribution in [-0.2, 0) is 9.53 Å². The summed E-state index contributed by atoms with van der Waals surface area (Å²) in [5.41, 5.74) is 0.324. The maximum atomic E-state index is 13.0. The predicted molar refractivity (Wildman–Crippen MR) is 126 cm³/mol. The van der Waals surface area contributed by atoms with E-state index in [0.29, 0.717) is 30.4 Å². The second kappa shape index (κ2) is 9.82. The van der Waals surface area contributed by atoms with Gasteiger partial charge in [0.05, 0.1) is 17.6 Å². The summed E-state index contributed by atoms with van der Waals surface area (Å²) in [5, 5.41) is 30.8. The molecule has 6 atom stereocenters. The van der Waals surface area contributed by atoms with Gasteiger partial charge in [0.2, 0.25) is 0 Å². The third-order valence-corrected chi connectivity index (χ3v) is 8.08. The lowest BCUT2D eigenvalue weighted by molar-refractivity contribution is -0.190. The third-order valence-electron chi connectivity index (χ3n) is 8.08. The smallest absolute Gasteiger partial charge is 0.338 e. The molecule has 0 aromatic heterocycles. The molecule has 3 rings (SSSR count). The first-order valence-electron chi connectivity index (χ1n) is 11.7. The highest BCUT2D eigenvalue weighted by atomic mass is 16.6. The van der Waals surface area contributed by atoms with E-state index in [4.69, 9.17) is 4.74 Å². The van der Waals surface area contributed by atoms with Crippen LogP contribution < -0.4 is 0 Å². The van der Waals surface area contributed by atoms with E-state index in [1.807, 2.05) is 6.92 Å². The Bertz CT molecular complexity index is 922. The van der Waals surface area contributed by atoms with E-state index < -0.39 is 40.9 Å². The van der Waals surface area contributed by atoms with Crippen LogP contribution in [0.1, 0.15) is 63.2 Å². The van der Waals surface area contributed by atoms with Crippen molar-refractivity contribution < 1.29 is 29.6 Å². The number of carbonyl (C=O) groups excluding carboxylic acids is 1. The molecule has 1 aromatic rings. The molecule has 0 unspecified atom stereocenters. The summed E-state index contributed by atoms with van der Waals surface area (Å²) in [6.07, 6.45) is 2.95. The minimum Gasteiger partial charge on any atom is -0.481 e. The Labute approximate surface area is 196 Å². The minimum absolute atomic E-state index is 0.0332. The molecule has 0 bridgehead atoms. The van der Waals surface area contributed by atoms with Gasteiger partial charge in [-0.1, -0.05) is 49.8 Å². The molecule has 180 valence electrons. The van der Waals surface area contributed by atoms with Crippen LogP contribution in [0.25, 0.3) is 0 Å². The van der Waals surface area contributed by atoms with Crippen LogP contribution in [0.5, 0.6) is 0 Å². The van der Waals surface area contributed by atoms with Crippen LogP contribution in [0.2, 0.25) is 0 Å². The fourth-order valence-electron chi connectivity index (χ4n) is 6.31. The number of esters is 1. The molecule has 6 nitrogen and oxygen atoms in total. The number of aliphatic hydroxyl groups excluding tert-OH is 2. The second-order valence-corrected chi connectivity index (χ2v) is 10.1. The van der Waals surface area contributed by atoms with E-state index in [1.165, 1.54) is 0 Å². The van der Waals surface area contributed by atoms with E-state index in [0.717, 1.165) is 18.4 Å². The number of ether oxygens (including phenoxy) is 1.